The van der Waals surface area contributed by atoms with Crippen molar-refractivity contribution < 1.29 is 4.79 Å². The predicted octanol–water partition coefficient (Wildman–Crippen LogP) is 1.88. The molecule has 1 atom stereocenters. The fourth-order valence-electron chi connectivity index (χ4n) is 2.20. The summed E-state index contributed by atoms with van der Waals surface area (Å²) in [7, 11) is 0. The van der Waals surface area contributed by atoms with Crippen LogP contribution in [0.1, 0.15) is 30.3 Å². The van der Waals surface area contributed by atoms with Gasteiger partial charge in [0.2, 0.25) is 0 Å². The molecule has 1 saturated heterocycles. The van der Waals surface area contributed by atoms with Crippen LogP contribution in [-0.4, -0.2) is 41.5 Å². The maximum atomic E-state index is 12.2. The summed E-state index contributed by atoms with van der Waals surface area (Å²) in [6, 6.07) is 2.11. The Labute approximate surface area is 106 Å². The van der Waals surface area contributed by atoms with Crippen molar-refractivity contribution in [1.82, 2.24) is 15.2 Å². The van der Waals surface area contributed by atoms with E-state index in [9.17, 15) is 4.79 Å². The number of carbonyl (C=O) groups excluding carboxylic acids is 1. The zero-order chi connectivity index (χ0) is 12.3. The second kappa shape index (κ2) is 5.56. The van der Waals surface area contributed by atoms with Gasteiger partial charge in [0.1, 0.15) is 5.69 Å². The molecule has 5 heteroatoms. The Morgan fingerprint density at radius 1 is 1.65 bits per heavy atom. The van der Waals surface area contributed by atoms with Crippen molar-refractivity contribution in [2.24, 2.45) is 0 Å². The maximum Gasteiger partial charge on any atom is 0.270 e. The summed E-state index contributed by atoms with van der Waals surface area (Å²) in [6.07, 6.45) is 3.98. The largest absolute Gasteiger partial charge is 0.356 e. The molecule has 2 rings (SSSR count). The third-order valence-corrected chi connectivity index (χ3v) is 3.37. The van der Waals surface area contributed by atoms with Gasteiger partial charge in [0.15, 0.2) is 0 Å². The third-order valence-electron chi connectivity index (χ3n) is 3.15. The molecular formula is C12H18ClN3O. The molecule has 94 valence electrons. The van der Waals surface area contributed by atoms with E-state index in [0.717, 1.165) is 19.5 Å². The smallest absolute Gasteiger partial charge is 0.270 e. The van der Waals surface area contributed by atoms with Crippen LogP contribution in [0.25, 0.3) is 0 Å². The summed E-state index contributed by atoms with van der Waals surface area (Å²) in [4.78, 5) is 16.9. The summed E-state index contributed by atoms with van der Waals surface area (Å²) < 4.78 is 0. The van der Waals surface area contributed by atoms with Crippen LogP contribution in [0.5, 0.6) is 0 Å². The number of hydrogen-bond donors (Lipinski definition) is 2. The quantitative estimate of drug-likeness (QED) is 0.863. The molecule has 0 aliphatic carbocycles. The molecule has 2 heterocycles. The number of hydrogen-bond acceptors (Lipinski definition) is 2. The zero-order valence-corrected chi connectivity index (χ0v) is 10.8. The molecule has 0 bridgehead atoms. The first-order chi connectivity index (χ1) is 8.20. The van der Waals surface area contributed by atoms with Crippen LogP contribution < -0.4 is 5.32 Å². The van der Waals surface area contributed by atoms with Gasteiger partial charge in [0.05, 0.1) is 5.02 Å². The van der Waals surface area contributed by atoms with Crippen molar-refractivity contribution in [2.75, 3.05) is 19.6 Å². The molecule has 4 nitrogen and oxygen atoms in total. The van der Waals surface area contributed by atoms with Crippen molar-refractivity contribution in [1.29, 1.82) is 0 Å². The summed E-state index contributed by atoms with van der Waals surface area (Å²) in [5.74, 6) is 0.0214. The number of nitrogens with zero attached hydrogens (tertiary/aromatic N) is 1. The summed E-state index contributed by atoms with van der Waals surface area (Å²) >= 11 is 5.81. The molecule has 1 aliphatic heterocycles. The number of halogens is 1. The maximum absolute atomic E-state index is 12.2. The number of carbonyl (C=O) groups is 1. The Morgan fingerprint density at radius 3 is 3.00 bits per heavy atom. The highest BCUT2D eigenvalue weighted by Crippen LogP contribution is 2.13. The monoisotopic (exact) mass is 255 g/mol. The number of aromatic amines is 1. The lowest BCUT2D eigenvalue weighted by molar-refractivity contribution is 0.0746. The van der Waals surface area contributed by atoms with E-state index >= 15 is 0 Å². The summed E-state index contributed by atoms with van der Waals surface area (Å²) in [5, 5.41) is 3.98. The minimum absolute atomic E-state index is 0.0214. The second-order valence-corrected chi connectivity index (χ2v) is 4.81. The minimum atomic E-state index is 0.0214. The molecule has 1 aliphatic rings. The molecule has 0 aromatic carbocycles. The van der Waals surface area contributed by atoms with E-state index in [-0.39, 0.29) is 5.91 Å². The van der Waals surface area contributed by atoms with Gasteiger partial charge in [-0.25, -0.2) is 0 Å². The Bertz CT molecular complexity index is 385. The van der Waals surface area contributed by atoms with Gasteiger partial charge in [-0.1, -0.05) is 11.6 Å². The van der Waals surface area contributed by atoms with Crippen LogP contribution >= 0.6 is 11.6 Å². The third kappa shape index (κ3) is 3.01. The van der Waals surface area contributed by atoms with Gasteiger partial charge in [0, 0.05) is 25.3 Å². The highest BCUT2D eigenvalue weighted by Gasteiger charge is 2.21. The Kier molecular flexibility index (Phi) is 4.07. The highest BCUT2D eigenvalue weighted by atomic mass is 35.5. The molecule has 1 aromatic heterocycles. The molecular weight excluding hydrogens is 238 g/mol. The molecule has 1 unspecified atom stereocenters. The van der Waals surface area contributed by atoms with E-state index < -0.39 is 0 Å². The van der Waals surface area contributed by atoms with Crippen molar-refractivity contribution >= 4 is 17.5 Å². The lowest BCUT2D eigenvalue weighted by Gasteiger charge is -2.23. The number of aromatic nitrogens is 1. The molecule has 0 spiro atoms. The van der Waals surface area contributed by atoms with Gasteiger partial charge in [-0.15, -0.1) is 0 Å². The number of amides is 1. The van der Waals surface area contributed by atoms with Gasteiger partial charge in [-0.05, 0) is 32.4 Å². The SMILES string of the molecule is CCN(CC1CCCN1)C(=O)c1cc(Cl)c[nH]1. The molecule has 0 saturated carbocycles. The van der Waals surface area contributed by atoms with E-state index in [1.54, 1.807) is 12.3 Å². The van der Waals surface area contributed by atoms with Crippen molar-refractivity contribution in [2.45, 2.75) is 25.8 Å². The molecule has 1 fully saturated rings. The van der Waals surface area contributed by atoms with Crippen molar-refractivity contribution in [3.05, 3.63) is 23.0 Å². The van der Waals surface area contributed by atoms with Crippen LogP contribution in [0.4, 0.5) is 0 Å². The predicted molar refractivity (Wildman–Crippen MR) is 68.4 cm³/mol. The number of H-pyrrole nitrogens is 1. The lowest BCUT2D eigenvalue weighted by Crippen LogP contribution is -2.41. The van der Waals surface area contributed by atoms with E-state index in [1.165, 1.54) is 6.42 Å². The molecule has 17 heavy (non-hydrogen) atoms. The summed E-state index contributed by atoms with van der Waals surface area (Å²) in [6.45, 7) is 4.54. The average molecular weight is 256 g/mol. The van der Waals surface area contributed by atoms with Crippen LogP contribution in [-0.2, 0) is 0 Å². The molecule has 1 aromatic rings. The van der Waals surface area contributed by atoms with Crippen LogP contribution in [0.15, 0.2) is 12.3 Å². The standard InChI is InChI=1S/C12H18ClN3O/c1-2-16(8-10-4-3-5-14-10)12(17)11-6-9(13)7-15-11/h6-7,10,14-15H,2-5,8H2,1H3. The van der Waals surface area contributed by atoms with E-state index in [0.29, 0.717) is 23.3 Å². The highest BCUT2D eigenvalue weighted by molar-refractivity contribution is 6.30. The first-order valence-corrected chi connectivity index (χ1v) is 6.45. The van der Waals surface area contributed by atoms with Gasteiger partial charge >= 0.3 is 0 Å². The fraction of sp³-hybridized carbons (Fsp3) is 0.583. The molecule has 1 amide bonds. The first kappa shape index (κ1) is 12.5. The second-order valence-electron chi connectivity index (χ2n) is 4.37. The normalized spacial score (nSPS) is 19.5. The van der Waals surface area contributed by atoms with Crippen LogP contribution in [0.2, 0.25) is 5.02 Å². The minimum Gasteiger partial charge on any atom is -0.356 e. The Balaban J connectivity index is 1.99. The number of nitrogens with one attached hydrogen (secondary N) is 2. The Morgan fingerprint density at radius 2 is 2.47 bits per heavy atom. The molecule has 2 N–H and O–H groups in total. The van der Waals surface area contributed by atoms with E-state index in [4.69, 9.17) is 11.6 Å². The van der Waals surface area contributed by atoms with Gasteiger partial charge in [-0.3, -0.25) is 4.79 Å². The van der Waals surface area contributed by atoms with Gasteiger partial charge in [-0.2, -0.15) is 0 Å². The van der Waals surface area contributed by atoms with E-state index in [2.05, 4.69) is 10.3 Å². The molecule has 0 radical (unpaired) electrons. The van der Waals surface area contributed by atoms with Crippen LogP contribution in [0, 0.1) is 0 Å². The summed E-state index contributed by atoms with van der Waals surface area (Å²) in [5.41, 5.74) is 0.565. The first-order valence-electron chi connectivity index (χ1n) is 6.07. The van der Waals surface area contributed by atoms with Gasteiger partial charge in [0.25, 0.3) is 5.91 Å². The van der Waals surface area contributed by atoms with Gasteiger partial charge < -0.3 is 15.2 Å². The van der Waals surface area contributed by atoms with Crippen molar-refractivity contribution in [3.8, 4) is 0 Å². The lowest BCUT2D eigenvalue weighted by atomic mass is 10.2. The zero-order valence-electron chi connectivity index (χ0n) is 10.0. The topological polar surface area (TPSA) is 48.1 Å². The van der Waals surface area contributed by atoms with E-state index in [1.807, 2.05) is 11.8 Å². The number of rotatable bonds is 4. The fourth-order valence-corrected chi connectivity index (χ4v) is 2.36. The van der Waals surface area contributed by atoms with Crippen molar-refractivity contribution in [3.63, 3.8) is 0 Å². The number of likely N-dealkylation sites (N-methyl/N-ethyl adjacent to an activating group) is 1. The Hall–Kier alpha value is -1.00. The van der Waals surface area contributed by atoms with Crippen LogP contribution in [0.3, 0.4) is 0 Å². The average Bonchev–Trinajstić information content (AvgIpc) is 2.96.